The van der Waals surface area contributed by atoms with Crippen LogP contribution in [0.25, 0.3) is 0 Å². The number of rotatable bonds is 7. The first kappa shape index (κ1) is 15.6. The molecule has 0 radical (unpaired) electrons. The normalized spacial score (nSPS) is 12.7. The predicted molar refractivity (Wildman–Crippen MR) is 74.8 cm³/mol. The smallest absolute Gasteiger partial charge is 0.143 e. The van der Waals surface area contributed by atoms with Crippen molar-refractivity contribution < 1.29 is 8.78 Å². The van der Waals surface area contributed by atoms with Crippen LogP contribution in [0, 0.1) is 11.6 Å². The van der Waals surface area contributed by atoms with E-state index in [4.69, 9.17) is 0 Å². The van der Waals surface area contributed by atoms with Gasteiger partial charge in [0.05, 0.1) is 4.47 Å². The largest absolute Gasteiger partial charge is 0.314 e. The van der Waals surface area contributed by atoms with E-state index < -0.39 is 11.6 Å². The second-order valence-electron chi connectivity index (χ2n) is 4.47. The lowest BCUT2D eigenvalue weighted by Crippen LogP contribution is -2.32. The molecule has 0 spiro atoms. The zero-order valence-corrected chi connectivity index (χ0v) is 12.5. The van der Waals surface area contributed by atoms with Gasteiger partial charge >= 0.3 is 0 Å². The molecule has 0 aliphatic carbocycles. The van der Waals surface area contributed by atoms with Crippen molar-refractivity contribution >= 4 is 15.9 Å². The number of halogens is 3. The molecule has 1 aromatic rings. The van der Waals surface area contributed by atoms with Crippen molar-refractivity contribution in [2.24, 2.45) is 0 Å². The molecule has 0 amide bonds. The lowest BCUT2D eigenvalue weighted by molar-refractivity contribution is 0.450. The van der Waals surface area contributed by atoms with E-state index in [2.05, 4.69) is 35.1 Å². The van der Waals surface area contributed by atoms with Crippen molar-refractivity contribution in [3.8, 4) is 0 Å². The van der Waals surface area contributed by atoms with Crippen LogP contribution >= 0.6 is 15.9 Å². The van der Waals surface area contributed by atoms with Crippen LogP contribution in [-0.2, 0) is 6.42 Å². The molecule has 18 heavy (non-hydrogen) atoms. The third-order valence-corrected chi connectivity index (χ3v) is 3.52. The van der Waals surface area contributed by atoms with Gasteiger partial charge in [0, 0.05) is 11.6 Å². The van der Waals surface area contributed by atoms with Crippen molar-refractivity contribution in [3.63, 3.8) is 0 Å². The van der Waals surface area contributed by atoms with Crippen molar-refractivity contribution in [2.75, 3.05) is 6.54 Å². The summed E-state index contributed by atoms with van der Waals surface area (Å²) in [5.74, 6) is -0.940. The fraction of sp³-hybridized carbons (Fsp3) is 0.571. The molecule has 102 valence electrons. The number of hydrogen-bond acceptors (Lipinski definition) is 1. The topological polar surface area (TPSA) is 12.0 Å². The molecule has 0 fully saturated rings. The average molecular weight is 320 g/mol. The number of hydrogen-bond donors (Lipinski definition) is 1. The van der Waals surface area contributed by atoms with Gasteiger partial charge in [0.25, 0.3) is 0 Å². The van der Waals surface area contributed by atoms with E-state index in [-0.39, 0.29) is 11.6 Å². The minimum absolute atomic E-state index is 0.133. The first-order chi connectivity index (χ1) is 8.60. The summed E-state index contributed by atoms with van der Waals surface area (Å²) in [5, 5.41) is 3.34. The Kier molecular flexibility index (Phi) is 6.79. The Bertz CT molecular complexity index is 382. The Balaban J connectivity index is 2.82. The standard InChI is InChI=1S/C14H20BrF2N/c1-3-5-10(18-8-4-2)9-11-13(16)7-6-12(15)14(11)17/h6-7,10,18H,3-5,8-9H2,1-2H3. The Morgan fingerprint density at radius 1 is 1.22 bits per heavy atom. The summed E-state index contributed by atoms with van der Waals surface area (Å²) in [6.45, 7) is 5.03. The molecule has 1 aromatic carbocycles. The van der Waals surface area contributed by atoms with Gasteiger partial charge in [-0.05, 0) is 53.9 Å². The molecular formula is C14H20BrF2N. The highest BCUT2D eigenvalue weighted by molar-refractivity contribution is 9.10. The molecule has 0 saturated carbocycles. The van der Waals surface area contributed by atoms with Crippen LogP contribution < -0.4 is 5.32 Å². The minimum Gasteiger partial charge on any atom is -0.314 e. The molecule has 1 nitrogen and oxygen atoms in total. The van der Waals surface area contributed by atoms with Gasteiger partial charge in [0.1, 0.15) is 11.6 Å². The molecule has 0 aliphatic rings. The van der Waals surface area contributed by atoms with Gasteiger partial charge in [-0.1, -0.05) is 20.3 Å². The maximum atomic E-state index is 13.9. The average Bonchev–Trinajstić information content (AvgIpc) is 2.36. The molecule has 0 aromatic heterocycles. The maximum absolute atomic E-state index is 13.9. The summed E-state index contributed by atoms with van der Waals surface area (Å²) in [6, 6.07) is 2.85. The van der Waals surface area contributed by atoms with Crippen LogP contribution in [0.3, 0.4) is 0 Å². The number of benzene rings is 1. The molecule has 0 heterocycles. The summed E-state index contributed by atoms with van der Waals surface area (Å²) in [5.41, 5.74) is 0.173. The van der Waals surface area contributed by atoms with E-state index in [1.807, 2.05) is 0 Å². The summed E-state index contributed by atoms with van der Waals surface area (Å²) in [6.07, 6.45) is 3.33. The first-order valence-electron chi connectivity index (χ1n) is 6.45. The maximum Gasteiger partial charge on any atom is 0.143 e. The lowest BCUT2D eigenvalue weighted by Gasteiger charge is -2.18. The summed E-state index contributed by atoms with van der Waals surface area (Å²) >= 11 is 3.10. The molecule has 0 aliphatic heterocycles. The summed E-state index contributed by atoms with van der Waals surface area (Å²) in [4.78, 5) is 0. The zero-order valence-electron chi connectivity index (χ0n) is 10.9. The Morgan fingerprint density at radius 3 is 2.56 bits per heavy atom. The Hall–Kier alpha value is -0.480. The van der Waals surface area contributed by atoms with E-state index in [9.17, 15) is 8.78 Å². The fourth-order valence-corrected chi connectivity index (χ4v) is 2.35. The van der Waals surface area contributed by atoms with E-state index in [0.29, 0.717) is 10.9 Å². The van der Waals surface area contributed by atoms with Crippen LogP contribution in [0.15, 0.2) is 16.6 Å². The van der Waals surface area contributed by atoms with Gasteiger partial charge in [-0.25, -0.2) is 8.78 Å². The highest BCUT2D eigenvalue weighted by Crippen LogP contribution is 2.23. The van der Waals surface area contributed by atoms with Crippen LogP contribution in [0.4, 0.5) is 8.78 Å². The predicted octanol–water partition coefficient (Wildman–Crippen LogP) is 4.44. The molecule has 1 rings (SSSR count). The Morgan fingerprint density at radius 2 is 1.94 bits per heavy atom. The van der Waals surface area contributed by atoms with Crippen molar-refractivity contribution in [2.45, 2.75) is 45.6 Å². The van der Waals surface area contributed by atoms with Gasteiger partial charge in [0.2, 0.25) is 0 Å². The minimum atomic E-state index is -0.477. The van der Waals surface area contributed by atoms with Crippen molar-refractivity contribution in [3.05, 3.63) is 33.8 Å². The quantitative estimate of drug-likeness (QED) is 0.733. The van der Waals surface area contributed by atoms with Gasteiger partial charge in [-0.3, -0.25) is 0 Å². The number of nitrogens with one attached hydrogen (secondary N) is 1. The van der Waals surface area contributed by atoms with Gasteiger partial charge in [0.15, 0.2) is 0 Å². The van der Waals surface area contributed by atoms with E-state index in [0.717, 1.165) is 25.8 Å². The SMILES string of the molecule is CCCNC(CCC)Cc1c(F)ccc(Br)c1F. The molecule has 0 bridgehead atoms. The molecule has 0 saturated heterocycles. The Labute approximate surface area is 116 Å². The second kappa shape index (κ2) is 7.85. The lowest BCUT2D eigenvalue weighted by atomic mass is 10.0. The van der Waals surface area contributed by atoms with Gasteiger partial charge in [-0.15, -0.1) is 0 Å². The van der Waals surface area contributed by atoms with Crippen LogP contribution in [0.2, 0.25) is 0 Å². The highest BCUT2D eigenvalue weighted by atomic mass is 79.9. The third-order valence-electron chi connectivity index (χ3n) is 2.91. The van der Waals surface area contributed by atoms with E-state index in [1.165, 1.54) is 12.1 Å². The van der Waals surface area contributed by atoms with Crippen LogP contribution in [-0.4, -0.2) is 12.6 Å². The van der Waals surface area contributed by atoms with E-state index in [1.54, 1.807) is 0 Å². The molecular weight excluding hydrogens is 300 g/mol. The van der Waals surface area contributed by atoms with Crippen molar-refractivity contribution in [1.82, 2.24) is 5.32 Å². The summed E-state index contributed by atoms with van der Waals surface area (Å²) < 4.78 is 27.9. The molecule has 1 unspecified atom stereocenters. The zero-order chi connectivity index (χ0) is 13.5. The third kappa shape index (κ3) is 4.32. The molecule has 4 heteroatoms. The van der Waals surface area contributed by atoms with Gasteiger partial charge in [-0.2, -0.15) is 0 Å². The van der Waals surface area contributed by atoms with Crippen LogP contribution in [0.1, 0.15) is 38.7 Å². The molecule has 1 atom stereocenters. The first-order valence-corrected chi connectivity index (χ1v) is 7.25. The van der Waals surface area contributed by atoms with Gasteiger partial charge < -0.3 is 5.32 Å². The monoisotopic (exact) mass is 319 g/mol. The van der Waals surface area contributed by atoms with Crippen molar-refractivity contribution in [1.29, 1.82) is 0 Å². The van der Waals surface area contributed by atoms with E-state index >= 15 is 0 Å². The summed E-state index contributed by atoms with van der Waals surface area (Å²) in [7, 11) is 0. The highest BCUT2D eigenvalue weighted by Gasteiger charge is 2.16. The fourth-order valence-electron chi connectivity index (χ4n) is 1.98. The second-order valence-corrected chi connectivity index (χ2v) is 5.32. The van der Waals surface area contributed by atoms with Crippen LogP contribution in [0.5, 0.6) is 0 Å². The molecule has 1 N–H and O–H groups in total.